The van der Waals surface area contributed by atoms with Crippen molar-refractivity contribution in [2.75, 3.05) is 39.6 Å². The summed E-state index contributed by atoms with van der Waals surface area (Å²) < 4.78 is 152. The predicted molar refractivity (Wildman–Crippen MR) is 544 cm³/mol. The maximum Gasteiger partial charge on any atom is 0.407 e. The molecule has 147 heavy (non-hydrogen) atoms. The van der Waals surface area contributed by atoms with Gasteiger partial charge in [-0.15, -0.1) is 0 Å². The van der Waals surface area contributed by atoms with E-state index in [0.29, 0.717) is 11.1 Å². The third-order valence-electron chi connectivity index (χ3n) is 27.0. The summed E-state index contributed by atoms with van der Waals surface area (Å²) in [6.45, 7) is 1.68. The molecule has 6 aliphatic rings. The number of esters is 1. The molecule has 5 heterocycles. The largest absolute Gasteiger partial charge is 0.459 e. The van der Waals surface area contributed by atoms with Gasteiger partial charge in [0.15, 0.2) is 37.5 Å². The molecule has 1 aliphatic carbocycles. The van der Waals surface area contributed by atoms with Crippen LogP contribution in [0, 0.1) is 5.92 Å². The highest BCUT2D eigenvalue weighted by atomic mass is 16.8. The van der Waals surface area contributed by atoms with Crippen LogP contribution in [-0.2, 0) is 170 Å². The standard InChI is InChI=1S/C120H122N4O23/c1-81-104(130-68-85-45-19-5-20-46-85)106(100(78-128-66-83-41-15-3-16-42-83)140-115(81)147-109-103(123-124-121)117(141-102-80-138-116(144-107(102)109)92-59-33-12-34-60-92)137-76-98(114(125)136-74-91-57-31-11-32-58-91)122-120(126)139-75-97-95-63-37-35-61-93(95)94-62-36-38-64-96(94)97)145-119-113(135-73-90-55-29-10-30-56-90)111(133-71-88-51-25-8-26-52-88)108(101(143-119)79-129-67-84-43-17-4-18-44-84)146-118-112(134-72-89-53-27-9-28-54-89)110(132-70-87-49-23-7-24-50-87)105(131-69-86-47-21-6-22-48-86)99(142-118)77-127-65-82-39-13-2-14-40-82/h2-64,81,97-113,115-119H,65-80H2,1H3,(H,122,126)/t81?,98-,99?,100?,101?,102?,103?,104?,105?,106?,107?,108?,109?,110?,111?,112?,113?,115?,116?,117?,118?,119?/m0/s1. The number of hydrogen-bond donors (Lipinski definition) is 1. The molecule has 5 aliphatic heterocycles. The molecule has 0 aromatic heterocycles. The SMILES string of the molecule is CC1C(OC2C(N=[N+]=[N-])C(OC[C@H](NC(=O)OCC3c4ccccc4-c4ccccc43)C(=O)OCc3ccccc3)OC3COC(c4ccccc4)OC32)OC(COCc2ccccc2)C(OC2OC(COCc3ccccc3)C(OC3OC(COCc4ccccc4)C(OCc4ccccc4)C(OCc4ccccc4)C3OCc3ccccc3)C(OCc3ccccc3)C2OCc2ccccc2)C1OCc1ccccc1. The van der Waals surface area contributed by atoms with Crippen molar-refractivity contribution < 1.29 is 109 Å². The number of benzene rings is 13. The fourth-order valence-corrected chi connectivity index (χ4v) is 19.5. The molecular weight excluding hydrogens is 1870 g/mol. The Morgan fingerprint density at radius 1 is 0.333 bits per heavy atom. The zero-order valence-corrected chi connectivity index (χ0v) is 81.7. The van der Waals surface area contributed by atoms with Crippen LogP contribution in [0.2, 0.25) is 0 Å². The van der Waals surface area contributed by atoms with Crippen LogP contribution < -0.4 is 5.32 Å². The minimum atomic E-state index is -1.56. The molecule has 27 nitrogen and oxygen atoms in total. The quantitative estimate of drug-likeness (QED) is 0.0160. The normalized spacial score (nSPS) is 25.4. The number of azide groups is 1. The highest BCUT2D eigenvalue weighted by Gasteiger charge is 2.59. The monoisotopic (exact) mass is 1990 g/mol. The van der Waals surface area contributed by atoms with E-state index in [1.807, 2.05) is 389 Å². The van der Waals surface area contributed by atoms with E-state index in [1.54, 1.807) is 0 Å². The van der Waals surface area contributed by atoms with Gasteiger partial charge >= 0.3 is 12.1 Å². The first-order valence-corrected chi connectivity index (χ1v) is 50.3. The molecule has 1 amide bonds. The second-order valence-electron chi connectivity index (χ2n) is 37.2. The lowest BCUT2D eigenvalue weighted by molar-refractivity contribution is -0.398. The molecule has 0 saturated carbocycles. The first-order chi connectivity index (χ1) is 72.6. The lowest BCUT2D eigenvalue weighted by Crippen LogP contribution is -2.68. The molecule has 22 atom stereocenters. The lowest BCUT2D eigenvalue weighted by atomic mass is 9.90. The molecule has 5 fully saturated rings. The zero-order valence-electron chi connectivity index (χ0n) is 81.7. The van der Waals surface area contributed by atoms with Gasteiger partial charge in [-0.1, -0.05) is 394 Å². The Morgan fingerprint density at radius 3 is 1.08 bits per heavy atom. The molecule has 19 rings (SSSR count). The molecule has 13 aromatic carbocycles. The van der Waals surface area contributed by atoms with E-state index in [-0.39, 0.29) is 105 Å². The fraction of sp³-hybridized carbons (Fsp3) is 0.333. The van der Waals surface area contributed by atoms with E-state index in [1.165, 1.54) is 0 Å². The Balaban J connectivity index is 0.695. The topological polar surface area (TPSA) is 289 Å². The number of nitrogens with zero attached hydrogens (tertiary/aromatic N) is 3. The number of rotatable bonds is 47. The van der Waals surface area contributed by atoms with Crippen LogP contribution in [0.15, 0.2) is 387 Å². The van der Waals surface area contributed by atoms with Crippen molar-refractivity contribution in [3.8, 4) is 11.1 Å². The zero-order chi connectivity index (χ0) is 99.9. The van der Waals surface area contributed by atoms with E-state index in [2.05, 4.69) is 15.3 Å². The predicted octanol–water partition coefficient (Wildman–Crippen LogP) is 20.3. The molecule has 21 unspecified atom stereocenters. The first kappa shape index (κ1) is 103. The molecular formula is C120H122N4O23. The maximum absolute atomic E-state index is 14.8. The highest BCUT2D eigenvalue weighted by molar-refractivity contribution is 5.82. The number of fused-ring (bicyclic) bond motifs is 4. The van der Waals surface area contributed by atoms with Crippen molar-refractivity contribution in [3.05, 3.63) is 465 Å². The Hall–Kier alpha value is -12.9. The summed E-state index contributed by atoms with van der Waals surface area (Å²) in [7, 11) is 0. The third-order valence-corrected chi connectivity index (χ3v) is 27.0. The lowest BCUT2D eigenvalue weighted by Gasteiger charge is -2.53. The van der Waals surface area contributed by atoms with Crippen molar-refractivity contribution in [1.82, 2.24) is 5.32 Å². The summed E-state index contributed by atoms with van der Waals surface area (Å²) in [5, 5.41) is 7.25. The van der Waals surface area contributed by atoms with Crippen LogP contribution in [0.25, 0.3) is 21.6 Å². The number of amides is 1. The van der Waals surface area contributed by atoms with Gasteiger partial charge in [0.2, 0.25) is 0 Å². The van der Waals surface area contributed by atoms with Crippen LogP contribution in [0.5, 0.6) is 0 Å². The van der Waals surface area contributed by atoms with Gasteiger partial charge in [0.05, 0.1) is 98.6 Å². The molecule has 0 spiro atoms. The van der Waals surface area contributed by atoms with Crippen molar-refractivity contribution in [2.24, 2.45) is 11.0 Å². The van der Waals surface area contributed by atoms with Crippen LogP contribution in [0.1, 0.15) is 91.5 Å². The van der Waals surface area contributed by atoms with Crippen LogP contribution >= 0.6 is 0 Å². The van der Waals surface area contributed by atoms with Gasteiger partial charge in [0, 0.05) is 22.3 Å². The average Bonchev–Trinajstić information content (AvgIpc) is 1.73. The summed E-state index contributed by atoms with van der Waals surface area (Å²) in [6, 6.07) is 120. The molecule has 5 saturated heterocycles. The van der Waals surface area contributed by atoms with Gasteiger partial charge in [-0.2, -0.15) is 0 Å². The van der Waals surface area contributed by atoms with Crippen LogP contribution in [-0.4, -0.2) is 174 Å². The van der Waals surface area contributed by atoms with E-state index >= 15 is 0 Å². The van der Waals surface area contributed by atoms with Crippen LogP contribution in [0.4, 0.5) is 4.79 Å². The van der Waals surface area contributed by atoms with Crippen LogP contribution in [0.3, 0.4) is 0 Å². The Bertz CT molecular complexity index is 6160. The van der Waals surface area contributed by atoms with E-state index in [9.17, 15) is 15.1 Å². The maximum atomic E-state index is 14.8. The van der Waals surface area contributed by atoms with Gasteiger partial charge in [-0.25, -0.2) is 9.59 Å². The van der Waals surface area contributed by atoms with Crippen molar-refractivity contribution >= 4 is 12.1 Å². The number of alkyl carbamates (subject to hydrolysis) is 1. The molecule has 1 N–H and O–H groups in total. The van der Waals surface area contributed by atoms with Gasteiger partial charge < -0.3 is 105 Å². The van der Waals surface area contributed by atoms with Gasteiger partial charge in [-0.05, 0) is 83.4 Å². The average molecular weight is 1990 g/mol. The van der Waals surface area contributed by atoms with Crippen molar-refractivity contribution in [3.63, 3.8) is 0 Å². The van der Waals surface area contributed by atoms with E-state index in [4.69, 9.17) is 99.5 Å². The second-order valence-corrected chi connectivity index (χ2v) is 37.2. The van der Waals surface area contributed by atoms with E-state index < -0.39 is 154 Å². The number of hydrogen-bond acceptors (Lipinski definition) is 24. The molecule has 760 valence electrons. The minimum absolute atomic E-state index is 0.00287. The molecule has 0 bridgehead atoms. The summed E-state index contributed by atoms with van der Waals surface area (Å²) in [5.74, 6) is -2.05. The Labute approximate surface area is 856 Å². The highest BCUT2D eigenvalue weighted by Crippen LogP contribution is 2.47. The summed E-state index contributed by atoms with van der Waals surface area (Å²) >= 11 is 0. The Kier molecular flexibility index (Phi) is 36.8. The number of carbonyl (C=O) groups is 2. The van der Waals surface area contributed by atoms with E-state index in [0.717, 1.165) is 72.3 Å². The molecule has 0 radical (unpaired) electrons. The summed E-state index contributed by atoms with van der Waals surface area (Å²) in [5.41, 5.74) is 24.3. The third kappa shape index (κ3) is 27.6. The number of nitrogens with one attached hydrogen (secondary N) is 1. The summed E-state index contributed by atoms with van der Waals surface area (Å²) in [6.07, 6.45) is -23.0. The molecule has 13 aromatic rings. The van der Waals surface area contributed by atoms with Crippen molar-refractivity contribution in [2.45, 2.75) is 208 Å². The number of ether oxygens (including phenoxy) is 21. The van der Waals surface area contributed by atoms with Gasteiger partial charge in [0.25, 0.3) is 0 Å². The number of carbonyl (C=O) groups excluding carboxylic acids is 2. The fourth-order valence-electron chi connectivity index (χ4n) is 19.5. The second kappa shape index (κ2) is 52.7. The minimum Gasteiger partial charge on any atom is -0.459 e. The Morgan fingerprint density at radius 2 is 0.667 bits per heavy atom. The smallest absolute Gasteiger partial charge is 0.407 e. The van der Waals surface area contributed by atoms with Crippen molar-refractivity contribution in [1.29, 1.82) is 0 Å². The first-order valence-electron chi connectivity index (χ1n) is 50.3. The summed E-state index contributed by atoms with van der Waals surface area (Å²) in [4.78, 5) is 32.8. The van der Waals surface area contributed by atoms with Gasteiger partial charge in [0.1, 0.15) is 98.6 Å². The molecule has 27 heteroatoms. The van der Waals surface area contributed by atoms with Gasteiger partial charge in [-0.3, -0.25) is 0 Å².